The van der Waals surface area contributed by atoms with Crippen molar-refractivity contribution >= 4 is 15.9 Å². The third-order valence-corrected chi connectivity index (χ3v) is 3.18. The van der Waals surface area contributed by atoms with Gasteiger partial charge < -0.3 is 0 Å². The maximum absolute atomic E-state index is 8.84. The van der Waals surface area contributed by atoms with E-state index in [4.69, 9.17) is 5.26 Å². The maximum atomic E-state index is 8.84. The fraction of sp³-hybridized carbons (Fsp3) is 0.231. The largest absolute Gasteiger partial charge is 0.238 e. The Hall–Kier alpha value is -1.60. The number of rotatable bonds is 2. The molecular weight excluding hydrogens is 278 g/mol. The van der Waals surface area contributed by atoms with E-state index in [2.05, 4.69) is 47.0 Å². The first-order valence-electron chi connectivity index (χ1n) is 5.37. The molecule has 0 N–H and O–H groups in total. The summed E-state index contributed by atoms with van der Waals surface area (Å²) >= 11 is 3.31. The van der Waals surface area contributed by atoms with Gasteiger partial charge in [-0.25, -0.2) is 4.68 Å². The lowest BCUT2D eigenvalue weighted by Crippen LogP contribution is -1.96. The third kappa shape index (κ3) is 2.40. The van der Waals surface area contributed by atoms with Gasteiger partial charge in [0.1, 0.15) is 6.07 Å². The normalized spacial score (nSPS) is 10.5. The van der Waals surface area contributed by atoms with Crippen LogP contribution in [0.25, 0.3) is 5.69 Å². The van der Waals surface area contributed by atoms with Crippen molar-refractivity contribution < 1.29 is 0 Å². The molecule has 1 aromatic heterocycles. The molecule has 0 saturated heterocycles. The summed E-state index contributed by atoms with van der Waals surface area (Å²) in [5, 5.41) is 13.0. The zero-order valence-corrected chi connectivity index (χ0v) is 11.3. The summed E-state index contributed by atoms with van der Waals surface area (Å²) in [6, 6.07) is 10.2. The van der Waals surface area contributed by atoms with Crippen LogP contribution in [0.1, 0.15) is 31.0 Å². The molecule has 1 aromatic carbocycles. The van der Waals surface area contributed by atoms with Crippen LogP contribution in [0.15, 0.2) is 34.9 Å². The smallest absolute Gasteiger partial charge is 0.177 e. The summed E-state index contributed by atoms with van der Waals surface area (Å²) < 4.78 is 2.42. The van der Waals surface area contributed by atoms with Crippen molar-refractivity contribution in [3.63, 3.8) is 0 Å². The molecule has 0 radical (unpaired) electrons. The maximum Gasteiger partial charge on any atom is 0.177 e. The molecule has 3 nitrogen and oxygen atoms in total. The number of hydrogen-bond donors (Lipinski definition) is 0. The quantitative estimate of drug-likeness (QED) is 0.847. The lowest BCUT2D eigenvalue weighted by atomic mass is 10.0. The summed E-state index contributed by atoms with van der Waals surface area (Å²) in [4.78, 5) is 0. The van der Waals surface area contributed by atoms with Crippen molar-refractivity contribution in [1.82, 2.24) is 9.78 Å². The van der Waals surface area contributed by atoms with E-state index in [1.165, 1.54) is 5.56 Å². The van der Waals surface area contributed by atoms with Crippen molar-refractivity contribution in [1.29, 1.82) is 5.26 Å². The van der Waals surface area contributed by atoms with Gasteiger partial charge in [0.15, 0.2) is 5.69 Å². The molecule has 4 heteroatoms. The van der Waals surface area contributed by atoms with Crippen LogP contribution in [0.2, 0.25) is 0 Å². The summed E-state index contributed by atoms with van der Waals surface area (Å²) in [6.45, 7) is 4.32. The second-order valence-corrected chi connectivity index (χ2v) is 4.98. The second-order valence-electron chi connectivity index (χ2n) is 4.13. The summed E-state index contributed by atoms with van der Waals surface area (Å²) in [5.41, 5.74) is 2.65. The predicted molar refractivity (Wildman–Crippen MR) is 70.1 cm³/mol. The number of hydrogen-bond acceptors (Lipinski definition) is 2. The number of aromatic nitrogens is 2. The van der Waals surface area contributed by atoms with Gasteiger partial charge in [-0.05, 0) is 39.5 Å². The second kappa shape index (κ2) is 4.72. The van der Waals surface area contributed by atoms with Crippen LogP contribution < -0.4 is 0 Å². The Bertz CT molecular complexity index is 561. The Balaban J connectivity index is 2.37. The first-order valence-corrected chi connectivity index (χ1v) is 6.16. The minimum atomic E-state index is 0.401. The van der Waals surface area contributed by atoms with Gasteiger partial charge >= 0.3 is 0 Å². The van der Waals surface area contributed by atoms with Gasteiger partial charge in [0.05, 0.1) is 10.2 Å². The molecule has 0 spiro atoms. The summed E-state index contributed by atoms with van der Waals surface area (Å²) in [6.07, 6.45) is 1.79. The average molecular weight is 290 g/mol. The van der Waals surface area contributed by atoms with Gasteiger partial charge in [0.25, 0.3) is 0 Å². The van der Waals surface area contributed by atoms with Gasteiger partial charge in [-0.15, -0.1) is 0 Å². The highest BCUT2D eigenvalue weighted by Crippen LogP contribution is 2.19. The average Bonchev–Trinajstić information content (AvgIpc) is 2.70. The van der Waals surface area contributed by atoms with Gasteiger partial charge in [-0.3, -0.25) is 0 Å². The van der Waals surface area contributed by atoms with E-state index in [0.717, 1.165) is 5.69 Å². The standard InChI is InChI=1S/C13H12BrN3/c1-9(2)10-3-5-11(6-4-10)17-8-12(14)13(7-15)16-17/h3-6,8-9H,1-2H3. The Morgan fingerprint density at radius 2 is 1.94 bits per heavy atom. The van der Waals surface area contributed by atoms with Gasteiger partial charge in [-0.1, -0.05) is 26.0 Å². The van der Waals surface area contributed by atoms with E-state index < -0.39 is 0 Å². The Morgan fingerprint density at radius 3 is 2.41 bits per heavy atom. The lowest BCUT2D eigenvalue weighted by molar-refractivity contribution is 0.851. The van der Waals surface area contributed by atoms with Crippen molar-refractivity contribution in [2.75, 3.05) is 0 Å². The highest BCUT2D eigenvalue weighted by Gasteiger charge is 2.07. The first kappa shape index (κ1) is 11.9. The fourth-order valence-electron chi connectivity index (χ4n) is 1.57. The first-order chi connectivity index (χ1) is 8.11. The number of nitrogens with zero attached hydrogens (tertiary/aromatic N) is 3. The van der Waals surface area contributed by atoms with E-state index in [1.807, 2.05) is 18.2 Å². The summed E-state index contributed by atoms with van der Waals surface area (Å²) in [7, 11) is 0. The molecule has 0 amide bonds. The van der Waals surface area contributed by atoms with Crippen molar-refractivity contribution in [2.45, 2.75) is 19.8 Å². The van der Waals surface area contributed by atoms with E-state index >= 15 is 0 Å². The van der Waals surface area contributed by atoms with E-state index in [1.54, 1.807) is 10.9 Å². The lowest BCUT2D eigenvalue weighted by Gasteiger charge is -2.06. The van der Waals surface area contributed by atoms with Crippen LogP contribution in [0.4, 0.5) is 0 Å². The molecular formula is C13H12BrN3. The Kier molecular flexibility index (Phi) is 3.30. The van der Waals surface area contributed by atoms with Crippen LogP contribution in [0, 0.1) is 11.3 Å². The molecule has 1 heterocycles. The van der Waals surface area contributed by atoms with Crippen molar-refractivity contribution in [3.05, 3.63) is 46.2 Å². The summed E-state index contributed by atoms with van der Waals surface area (Å²) in [5.74, 6) is 0.517. The van der Waals surface area contributed by atoms with Gasteiger partial charge in [0, 0.05) is 6.20 Å². The minimum absolute atomic E-state index is 0.401. The molecule has 0 aliphatic carbocycles. The number of halogens is 1. The van der Waals surface area contributed by atoms with Gasteiger partial charge in [0.2, 0.25) is 0 Å². The van der Waals surface area contributed by atoms with Crippen LogP contribution in [-0.4, -0.2) is 9.78 Å². The molecule has 17 heavy (non-hydrogen) atoms. The SMILES string of the molecule is CC(C)c1ccc(-n2cc(Br)c(C#N)n2)cc1. The van der Waals surface area contributed by atoms with Crippen molar-refractivity contribution in [3.8, 4) is 11.8 Å². The molecule has 0 bridgehead atoms. The molecule has 0 atom stereocenters. The molecule has 0 aliphatic heterocycles. The number of nitriles is 1. The Morgan fingerprint density at radius 1 is 1.29 bits per heavy atom. The topological polar surface area (TPSA) is 41.6 Å². The molecule has 86 valence electrons. The molecule has 2 aromatic rings. The van der Waals surface area contributed by atoms with E-state index in [0.29, 0.717) is 16.1 Å². The third-order valence-electron chi connectivity index (χ3n) is 2.60. The predicted octanol–water partition coefficient (Wildman–Crippen LogP) is 3.63. The fourth-order valence-corrected chi connectivity index (χ4v) is 1.93. The number of benzene rings is 1. The van der Waals surface area contributed by atoms with Crippen LogP contribution in [0.5, 0.6) is 0 Å². The zero-order valence-electron chi connectivity index (χ0n) is 9.68. The minimum Gasteiger partial charge on any atom is -0.238 e. The molecule has 0 aliphatic rings. The highest BCUT2D eigenvalue weighted by molar-refractivity contribution is 9.10. The zero-order chi connectivity index (χ0) is 12.4. The van der Waals surface area contributed by atoms with Crippen LogP contribution in [0.3, 0.4) is 0 Å². The van der Waals surface area contributed by atoms with Crippen LogP contribution >= 0.6 is 15.9 Å². The van der Waals surface area contributed by atoms with Gasteiger partial charge in [-0.2, -0.15) is 10.4 Å². The molecule has 0 saturated carbocycles. The Labute approximate surface area is 109 Å². The van der Waals surface area contributed by atoms with E-state index in [-0.39, 0.29) is 0 Å². The highest BCUT2D eigenvalue weighted by atomic mass is 79.9. The van der Waals surface area contributed by atoms with Crippen molar-refractivity contribution in [2.24, 2.45) is 0 Å². The molecule has 0 fully saturated rings. The molecule has 2 rings (SSSR count). The molecule has 0 unspecified atom stereocenters. The van der Waals surface area contributed by atoms with E-state index in [9.17, 15) is 0 Å². The monoisotopic (exact) mass is 289 g/mol. The van der Waals surface area contributed by atoms with Crippen LogP contribution in [-0.2, 0) is 0 Å².